The molecule has 0 fully saturated rings. The van der Waals surface area contributed by atoms with Gasteiger partial charge in [-0.25, -0.2) is 9.78 Å². The van der Waals surface area contributed by atoms with E-state index in [0.29, 0.717) is 5.13 Å². The molecule has 2 amide bonds. The van der Waals surface area contributed by atoms with Crippen molar-refractivity contribution in [1.82, 2.24) is 10.3 Å². The van der Waals surface area contributed by atoms with Gasteiger partial charge in [0.1, 0.15) is 0 Å². The first-order valence-electron chi connectivity index (χ1n) is 5.48. The van der Waals surface area contributed by atoms with Crippen molar-refractivity contribution in [1.29, 1.82) is 0 Å². The van der Waals surface area contributed by atoms with Gasteiger partial charge in [-0.1, -0.05) is 20.8 Å². The fourth-order valence-corrected chi connectivity index (χ4v) is 1.85. The Morgan fingerprint density at radius 1 is 1.50 bits per heavy atom. The molecule has 1 atom stereocenters. The average molecular weight is 271 g/mol. The van der Waals surface area contributed by atoms with Crippen LogP contribution in [0.15, 0.2) is 11.6 Å². The van der Waals surface area contributed by atoms with Gasteiger partial charge in [-0.05, 0) is 5.41 Å². The number of carbonyl (C=O) groups is 2. The zero-order valence-corrected chi connectivity index (χ0v) is 11.4. The summed E-state index contributed by atoms with van der Waals surface area (Å²) in [5.74, 6) is -0.940. The van der Waals surface area contributed by atoms with E-state index >= 15 is 0 Å². The second kappa shape index (κ2) is 5.81. The van der Waals surface area contributed by atoms with E-state index in [2.05, 4.69) is 15.6 Å². The van der Waals surface area contributed by atoms with E-state index in [0.717, 1.165) is 0 Å². The van der Waals surface area contributed by atoms with Crippen LogP contribution in [0.5, 0.6) is 0 Å². The summed E-state index contributed by atoms with van der Waals surface area (Å²) in [5.41, 5.74) is -0.335. The molecule has 0 aliphatic rings. The lowest BCUT2D eigenvalue weighted by molar-refractivity contribution is -0.138. The quantitative estimate of drug-likeness (QED) is 0.782. The van der Waals surface area contributed by atoms with Crippen molar-refractivity contribution in [2.75, 3.05) is 5.32 Å². The Balaban J connectivity index is 2.60. The van der Waals surface area contributed by atoms with E-state index in [4.69, 9.17) is 5.11 Å². The molecule has 1 rings (SSSR count). The zero-order valence-electron chi connectivity index (χ0n) is 10.6. The van der Waals surface area contributed by atoms with E-state index < -0.39 is 18.0 Å². The third kappa shape index (κ3) is 4.70. The van der Waals surface area contributed by atoms with Crippen LogP contribution in [-0.4, -0.2) is 28.1 Å². The molecule has 7 heteroatoms. The number of carbonyl (C=O) groups excluding carboxylic acids is 1. The minimum atomic E-state index is -0.940. The molecule has 0 spiro atoms. The number of amides is 2. The summed E-state index contributed by atoms with van der Waals surface area (Å²) >= 11 is 1.30. The van der Waals surface area contributed by atoms with Crippen LogP contribution < -0.4 is 10.6 Å². The lowest BCUT2D eigenvalue weighted by Crippen LogP contribution is -2.46. The Labute approximate surface area is 109 Å². The first kappa shape index (κ1) is 14.4. The molecule has 0 aliphatic carbocycles. The largest absolute Gasteiger partial charge is 0.481 e. The summed E-state index contributed by atoms with van der Waals surface area (Å²) in [6.07, 6.45) is 1.47. The van der Waals surface area contributed by atoms with Gasteiger partial charge in [-0.2, -0.15) is 0 Å². The maximum Gasteiger partial charge on any atom is 0.321 e. The van der Waals surface area contributed by atoms with E-state index in [1.807, 2.05) is 20.8 Å². The molecule has 0 aliphatic heterocycles. The average Bonchev–Trinajstić information content (AvgIpc) is 2.67. The second-order valence-corrected chi connectivity index (χ2v) is 5.85. The van der Waals surface area contributed by atoms with Gasteiger partial charge < -0.3 is 10.4 Å². The molecule has 1 aromatic rings. The van der Waals surface area contributed by atoms with Crippen LogP contribution in [0.2, 0.25) is 0 Å². The molecular weight excluding hydrogens is 254 g/mol. The van der Waals surface area contributed by atoms with Crippen LogP contribution in [-0.2, 0) is 4.79 Å². The summed E-state index contributed by atoms with van der Waals surface area (Å²) in [5, 5.41) is 16.3. The highest BCUT2D eigenvalue weighted by Gasteiger charge is 2.28. The Bertz CT molecular complexity index is 412. The molecule has 0 aromatic carbocycles. The first-order valence-corrected chi connectivity index (χ1v) is 6.36. The Hall–Kier alpha value is -1.63. The van der Waals surface area contributed by atoms with Crippen molar-refractivity contribution in [2.24, 2.45) is 5.41 Å². The number of hydrogen-bond donors (Lipinski definition) is 3. The molecule has 6 nitrogen and oxygen atoms in total. The minimum Gasteiger partial charge on any atom is -0.481 e. The van der Waals surface area contributed by atoms with E-state index in [1.54, 1.807) is 11.6 Å². The fourth-order valence-electron chi connectivity index (χ4n) is 1.32. The normalized spacial score (nSPS) is 12.8. The van der Waals surface area contributed by atoms with Gasteiger partial charge in [0.05, 0.1) is 6.42 Å². The Morgan fingerprint density at radius 3 is 2.61 bits per heavy atom. The summed E-state index contributed by atoms with van der Waals surface area (Å²) in [6.45, 7) is 5.64. The lowest BCUT2D eigenvalue weighted by atomic mass is 9.85. The fraction of sp³-hybridized carbons (Fsp3) is 0.545. The molecule has 0 saturated heterocycles. The van der Waals surface area contributed by atoms with Crippen molar-refractivity contribution in [3.8, 4) is 0 Å². The number of aromatic nitrogens is 1. The van der Waals surface area contributed by atoms with Gasteiger partial charge in [0.25, 0.3) is 0 Å². The monoisotopic (exact) mass is 271 g/mol. The maximum absolute atomic E-state index is 11.7. The summed E-state index contributed by atoms with van der Waals surface area (Å²) in [4.78, 5) is 26.4. The molecule has 0 saturated carbocycles. The Kier molecular flexibility index (Phi) is 4.66. The van der Waals surface area contributed by atoms with Crippen LogP contribution in [0.25, 0.3) is 0 Å². The number of urea groups is 1. The van der Waals surface area contributed by atoms with Gasteiger partial charge >= 0.3 is 12.0 Å². The number of anilines is 1. The zero-order chi connectivity index (χ0) is 13.8. The maximum atomic E-state index is 11.7. The van der Waals surface area contributed by atoms with Crippen LogP contribution in [0.3, 0.4) is 0 Å². The summed E-state index contributed by atoms with van der Waals surface area (Å²) in [7, 11) is 0. The molecule has 1 unspecified atom stereocenters. The van der Waals surface area contributed by atoms with Gasteiger partial charge in [0, 0.05) is 17.6 Å². The van der Waals surface area contributed by atoms with Crippen molar-refractivity contribution >= 4 is 28.5 Å². The SMILES string of the molecule is CC(C)(C)C(CC(=O)O)NC(=O)Nc1nccs1. The molecule has 1 aromatic heterocycles. The standard InChI is InChI=1S/C11H17N3O3S/c1-11(2,3)7(6-8(15)16)13-9(17)14-10-12-4-5-18-10/h4-5,7H,6H2,1-3H3,(H,15,16)(H2,12,13,14,17). The number of nitrogens with one attached hydrogen (secondary N) is 2. The van der Waals surface area contributed by atoms with E-state index in [-0.39, 0.29) is 11.8 Å². The first-order chi connectivity index (χ1) is 8.29. The highest BCUT2D eigenvalue weighted by Crippen LogP contribution is 2.22. The van der Waals surface area contributed by atoms with Gasteiger partial charge in [-0.3, -0.25) is 10.1 Å². The lowest BCUT2D eigenvalue weighted by Gasteiger charge is -2.30. The van der Waals surface area contributed by atoms with Crippen LogP contribution >= 0.6 is 11.3 Å². The predicted molar refractivity (Wildman–Crippen MR) is 69.8 cm³/mol. The van der Waals surface area contributed by atoms with Gasteiger partial charge in [-0.15, -0.1) is 11.3 Å². The van der Waals surface area contributed by atoms with Crippen molar-refractivity contribution < 1.29 is 14.7 Å². The minimum absolute atomic E-state index is 0.116. The van der Waals surface area contributed by atoms with Crippen LogP contribution in [0, 0.1) is 5.41 Å². The Morgan fingerprint density at radius 2 is 2.17 bits per heavy atom. The van der Waals surface area contributed by atoms with Gasteiger partial charge in [0.15, 0.2) is 5.13 Å². The van der Waals surface area contributed by atoms with E-state index in [1.165, 1.54) is 11.3 Å². The second-order valence-electron chi connectivity index (χ2n) is 4.95. The highest BCUT2D eigenvalue weighted by atomic mass is 32.1. The molecule has 1 heterocycles. The number of hydrogen-bond acceptors (Lipinski definition) is 4. The molecular formula is C11H17N3O3S. The van der Waals surface area contributed by atoms with E-state index in [9.17, 15) is 9.59 Å². The molecule has 100 valence electrons. The van der Waals surface area contributed by atoms with Crippen molar-refractivity contribution in [2.45, 2.75) is 33.2 Å². The highest BCUT2D eigenvalue weighted by molar-refractivity contribution is 7.13. The summed E-state index contributed by atoms with van der Waals surface area (Å²) < 4.78 is 0. The predicted octanol–water partition coefficient (Wildman–Crippen LogP) is 2.15. The smallest absolute Gasteiger partial charge is 0.321 e. The number of nitrogens with zero attached hydrogens (tertiary/aromatic N) is 1. The molecule has 18 heavy (non-hydrogen) atoms. The number of rotatable bonds is 4. The van der Waals surface area contributed by atoms with Gasteiger partial charge in [0.2, 0.25) is 0 Å². The van der Waals surface area contributed by atoms with Crippen LogP contribution in [0.1, 0.15) is 27.2 Å². The number of carboxylic acids is 1. The molecule has 0 bridgehead atoms. The number of aliphatic carboxylic acids is 1. The molecule has 3 N–H and O–H groups in total. The third-order valence-electron chi connectivity index (χ3n) is 2.38. The number of carboxylic acid groups (broad SMARTS) is 1. The summed E-state index contributed by atoms with van der Waals surface area (Å²) in [6, 6.07) is -0.888. The third-order valence-corrected chi connectivity index (χ3v) is 3.07. The van der Waals surface area contributed by atoms with Crippen molar-refractivity contribution in [3.05, 3.63) is 11.6 Å². The molecule has 0 radical (unpaired) electrons. The number of thiazole rings is 1. The van der Waals surface area contributed by atoms with Crippen LogP contribution in [0.4, 0.5) is 9.93 Å². The topological polar surface area (TPSA) is 91.3 Å². The van der Waals surface area contributed by atoms with Crippen molar-refractivity contribution in [3.63, 3.8) is 0 Å².